The molecule has 2 aromatic rings. The van der Waals surface area contributed by atoms with Crippen LogP contribution in [0.2, 0.25) is 0 Å². The maximum atomic E-state index is 11.6. The Kier molecular flexibility index (Phi) is 3.79. The van der Waals surface area contributed by atoms with E-state index < -0.39 is 0 Å². The van der Waals surface area contributed by atoms with Gasteiger partial charge in [-0.05, 0) is 6.42 Å². The fraction of sp³-hybridized carbons (Fsp3) is 0.300. The number of rotatable bonds is 5. The number of aromatic amines is 2. The van der Waals surface area contributed by atoms with E-state index in [1.165, 1.54) is 12.5 Å². The lowest BCUT2D eigenvalue weighted by atomic mass is 10.3. The van der Waals surface area contributed by atoms with Crippen molar-refractivity contribution >= 4 is 5.91 Å². The average molecular weight is 248 g/mol. The van der Waals surface area contributed by atoms with Crippen LogP contribution in [-0.4, -0.2) is 37.6 Å². The molecule has 2 heterocycles. The molecule has 2 aromatic heterocycles. The highest BCUT2D eigenvalue weighted by molar-refractivity contribution is 5.91. The Hall–Kier alpha value is -2.51. The molecule has 0 aromatic carbocycles. The standard InChI is InChI=1S/C10H12N6O2/c17-9-5-12-7(4-13-9)10(18)11-3-1-2-8-14-6-15-16-8/h4-6H,1-3H2,(H,11,18)(H,13,17)(H,14,15,16). The number of carbonyl (C=O) groups excluding carboxylic acids is 1. The predicted octanol–water partition coefficient (Wildman–Crippen LogP) is -0.749. The van der Waals surface area contributed by atoms with Crippen molar-refractivity contribution in [2.45, 2.75) is 12.8 Å². The molecule has 0 bridgehead atoms. The van der Waals surface area contributed by atoms with Crippen molar-refractivity contribution < 1.29 is 4.79 Å². The zero-order valence-electron chi connectivity index (χ0n) is 9.51. The number of aryl methyl sites for hydroxylation is 1. The van der Waals surface area contributed by atoms with Crippen LogP contribution in [0.4, 0.5) is 0 Å². The predicted molar refractivity (Wildman–Crippen MR) is 61.9 cm³/mol. The summed E-state index contributed by atoms with van der Waals surface area (Å²) in [7, 11) is 0. The summed E-state index contributed by atoms with van der Waals surface area (Å²) in [6.45, 7) is 0.500. The molecule has 94 valence electrons. The summed E-state index contributed by atoms with van der Waals surface area (Å²) in [6.07, 6.45) is 5.25. The average Bonchev–Trinajstić information content (AvgIpc) is 2.88. The molecule has 0 radical (unpaired) electrons. The topological polar surface area (TPSA) is 116 Å². The first-order valence-electron chi connectivity index (χ1n) is 5.43. The third-order valence-electron chi connectivity index (χ3n) is 2.25. The Morgan fingerprint density at radius 1 is 1.39 bits per heavy atom. The van der Waals surface area contributed by atoms with E-state index >= 15 is 0 Å². The Bertz CT molecular complexity index is 542. The molecule has 0 saturated heterocycles. The normalized spacial score (nSPS) is 10.2. The van der Waals surface area contributed by atoms with Gasteiger partial charge in [-0.1, -0.05) is 0 Å². The van der Waals surface area contributed by atoms with E-state index in [0.717, 1.165) is 18.4 Å². The second-order valence-electron chi connectivity index (χ2n) is 3.59. The molecule has 0 aliphatic carbocycles. The molecule has 2 rings (SSSR count). The first kappa shape index (κ1) is 12.0. The van der Waals surface area contributed by atoms with Crippen molar-refractivity contribution in [3.05, 3.63) is 40.6 Å². The van der Waals surface area contributed by atoms with Crippen molar-refractivity contribution in [2.75, 3.05) is 6.54 Å². The zero-order chi connectivity index (χ0) is 12.8. The molecule has 0 aliphatic heterocycles. The Balaban J connectivity index is 1.75. The van der Waals surface area contributed by atoms with E-state index in [0.29, 0.717) is 13.0 Å². The van der Waals surface area contributed by atoms with Gasteiger partial charge in [0.25, 0.3) is 11.5 Å². The Labute approximate surface area is 102 Å². The summed E-state index contributed by atoms with van der Waals surface area (Å²) in [5.74, 6) is 0.468. The molecule has 0 saturated carbocycles. The first-order valence-corrected chi connectivity index (χ1v) is 5.43. The highest BCUT2D eigenvalue weighted by atomic mass is 16.2. The van der Waals surface area contributed by atoms with E-state index in [-0.39, 0.29) is 17.2 Å². The van der Waals surface area contributed by atoms with Gasteiger partial charge >= 0.3 is 0 Å². The van der Waals surface area contributed by atoms with Gasteiger partial charge in [-0.25, -0.2) is 9.97 Å². The monoisotopic (exact) mass is 248 g/mol. The van der Waals surface area contributed by atoms with Crippen LogP contribution in [0.1, 0.15) is 22.7 Å². The van der Waals surface area contributed by atoms with Gasteiger partial charge in [-0.3, -0.25) is 14.7 Å². The lowest BCUT2D eigenvalue weighted by Crippen LogP contribution is -2.26. The van der Waals surface area contributed by atoms with E-state index in [9.17, 15) is 9.59 Å². The molecule has 3 N–H and O–H groups in total. The molecule has 0 fully saturated rings. The largest absolute Gasteiger partial charge is 0.351 e. The molecular formula is C10H12N6O2. The van der Waals surface area contributed by atoms with Crippen molar-refractivity contribution in [2.24, 2.45) is 0 Å². The summed E-state index contributed by atoms with van der Waals surface area (Å²) in [4.78, 5) is 32.4. The highest BCUT2D eigenvalue weighted by Gasteiger charge is 2.06. The highest BCUT2D eigenvalue weighted by Crippen LogP contribution is 1.93. The van der Waals surface area contributed by atoms with Gasteiger partial charge in [-0.15, -0.1) is 0 Å². The molecule has 0 spiro atoms. The van der Waals surface area contributed by atoms with E-state index in [1.807, 2.05) is 0 Å². The van der Waals surface area contributed by atoms with Gasteiger partial charge < -0.3 is 10.3 Å². The van der Waals surface area contributed by atoms with Crippen LogP contribution < -0.4 is 10.9 Å². The maximum Gasteiger partial charge on any atom is 0.271 e. The van der Waals surface area contributed by atoms with Gasteiger partial charge in [0.1, 0.15) is 17.8 Å². The third kappa shape index (κ3) is 3.24. The minimum atomic E-state index is -0.336. The number of hydrogen-bond acceptors (Lipinski definition) is 5. The summed E-state index contributed by atoms with van der Waals surface area (Å²) >= 11 is 0. The van der Waals surface area contributed by atoms with E-state index in [4.69, 9.17) is 0 Å². The molecular weight excluding hydrogens is 236 g/mol. The van der Waals surface area contributed by atoms with Crippen molar-refractivity contribution in [3.63, 3.8) is 0 Å². The lowest BCUT2D eigenvalue weighted by Gasteiger charge is -2.02. The summed E-state index contributed by atoms with van der Waals surface area (Å²) < 4.78 is 0. The number of H-pyrrole nitrogens is 2. The molecule has 0 aliphatic rings. The smallest absolute Gasteiger partial charge is 0.271 e. The van der Waals surface area contributed by atoms with Crippen molar-refractivity contribution in [1.29, 1.82) is 0 Å². The minimum absolute atomic E-state index is 0.189. The minimum Gasteiger partial charge on any atom is -0.351 e. The van der Waals surface area contributed by atoms with Gasteiger partial charge in [0.05, 0.1) is 6.20 Å². The summed E-state index contributed by atoms with van der Waals surface area (Å²) in [6, 6.07) is 0. The fourth-order valence-corrected chi connectivity index (χ4v) is 1.37. The molecule has 0 atom stereocenters. The van der Waals surface area contributed by atoms with E-state index in [2.05, 4.69) is 30.5 Å². The Morgan fingerprint density at radius 3 is 2.94 bits per heavy atom. The number of hydrogen-bond donors (Lipinski definition) is 3. The van der Waals surface area contributed by atoms with Crippen molar-refractivity contribution in [3.8, 4) is 0 Å². The summed E-state index contributed by atoms with van der Waals surface area (Å²) in [5.41, 5.74) is -0.147. The Morgan fingerprint density at radius 2 is 2.28 bits per heavy atom. The van der Waals surface area contributed by atoms with Gasteiger partial charge in [-0.2, -0.15) is 5.10 Å². The molecule has 18 heavy (non-hydrogen) atoms. The molecule has 8 nitrogen and oxygen atoms in total. The zero-order valence-corrected chi connectivity index (χ0v) is 9.51. The quantitative estimate of drug-likeness (QED) is 0.602. The molecule has 0 unspecified atom stereocenters. The van der Waals surface area contributed by atoms with Gasteiger partial charge in [0, 0.05) is 19.2 Å². The number of carbonyl (C=O) groups is 1. The van der Waals surface area contributed by atoms with Crippen LogP contribution in [0.15, 0.2) is 23.5 Å². The third-order valence-corrected chi connectivity index (χ3v) is 2.25. The molecule has 8 heteroatoms. The van der Waals surface area contributed by atoms with E-state index in [1.54, 1.807) is 0 Å². The number of aromatic nitrogens is 5. The SMILES string of the molecule is O=C(NCCCc1ncn[nH]1)c1c[nH]c(=O)cn1. The van der Waals surface area contributed by atoms with Gasteiger partial charge in [0.15, 0.2) is 0 Å². The lowest BCUT2D eigenvalue weighted by molar-refractivity contribution is 0.0947. The second kappa shape index (κ2) is 5.71. The number of nitrogens with zero attached hydrogens (tertiary/aromatic N) is 3. The van der Waals surface area contributed by atoms with Crippen LogP contribution in [0.25, 0.3) is 0 Å². The van der Waals surface area contributed by atoms with Crippen LogP contribution >= 0.6 is 0 Å². The first-order chi connectivity index (χ1) is 8.75. The van der Waals surface area contributed by atoms with Crippen molar-refractivity contribution in [1.82, 2.24) is 30.5 Å². The fourth-order valence-electron chi connectivity index (χ4n) is 1.37. The van der Waals surface area contributed by atoms with Crippen LogP contribution in [0, 0.1) is 0 Å². The number of nitrogens with one attached hydrogen (secondary N) is 3. The van der Waals surface area contributed by atoms with Gasteiger partial charge in [0.2, 0.25) is 0 Å². The summed E-state index contributed by atoms with van der Waals surface area (Å²) in [5, 5.41) is 9.16. The second-order valence-corrected chi connectivity index (χ2v) is 3.59. The maximum absolute atomic E-state index is 11.6. The van der Waals surface area contributed by atoms with Crippen LogP contribution in [-0.2, 0) is 6.42 Å². The number of amides is 1. The van der Waals surface area contributed by atoms with Crippen LogP contribution in [0.3, 0.4) is 0 Å². The van der Waals surface area contributed by atoms with Crippen LogP contribution in [0.5, 0.6) is 0 Å². The molecule has 1 amide bonds.